The van der Waals surface area contributed by atoms with Gasteiger partial charge in [0.05, 0.1) is 7.11 Å². The lowest BCUT2D eigenvalue weighted by Gasteiger charge is -2.28. The molecule has 0 saturated carbocycles. The lowest BCUT2D eigenvalue weighted by atomic mass is 9.99. The van der Waals surface area contributed by atoms with Gasteiger partial charge in [0.1, 0.15) is 5.75 Å². The maximum atomic E-state index is 12.4. The van der Waals surface area contributed by atoms with Gasteiger partial charge in [-0.25, -0.2) is 0 Å². The molecule has 0 radical (unpaired) electrons. The van der Waals surface area contributed by atoms with Gasteiger partial charge in [-0.1, -0.05) is 30.3 Å². The molecule has 0 atom stereocenters. The Hall–Kier alpha value is -2.29. The average Bonchev–Trinajstić information content (AvgIpc) is 2.51. The molecule has 0 unspecified atom stereocenters. The number of hydrogen-bond acceptors (Lipinski definition) is 2. The Morgan fingerprint density at radius 1 is 1.10 bits per heavy atom. The van der Waals surface area contributed by atoms with E-state index in [-0.39, 0.29) is 5.91 Å². The molecule has 2 aromatic rings. The highest BCUT2D eigenvalue weighted by Crippen LogP contribution is 2.21. The number of nitrogens with zero attached hydrogens (tertiary/aromatic N) is 1. The molecule has 3 rings (SSSR count). The van der Waals surface area contributed by atoms with E-state index in [4.69, 9.17) is 4.74 Å². The van der Waals surface area contributed by atoms with E-state index >= 15 is 0 Å². The molecule has 3 heteroatoms. The minimum atomic E-state index is 0.127. The Kier molecular flexibility index (Phi) is 3.42. The third kappa shape index (κ3) is 2.39. The fraction of sp³-hybridized carbons (Fsp3) is 0.235. The highest BCUT2D eigenvalue weighted by molar-refractivity contribution is 5.96. The zero-order chi connectivity index (χ0) is 13.9. The Morgan fingerprint density at radius 3 is 2.60 bits per heavy atom. The van der Waals surface area contributed by atoms with Crippen LogP contribution < -0.4 is 4.74 Å². The standard InChI is InChI=1S/C17H17NO2/c1-20-15-8-6-13(7-9-15)12-18-11-10-14-4-2-3-5-16(14)17(18)19/h2-9H,10-12H2,1H3. The van der Waals surface area contributed by atoms with Crippen molar-refractivity contribution in [2.75, 3.05) is 13.7 Å². The molecule has 20 heavy (non-hydrogen) atoms. The summed E-state index contributed by atoms with van der Waals surface area (Å²) in [6.45, 7) is 1.43. The quantitative estimate of drug-likeness (QED) is 0.855. The SMILES string of the molecule is COc1ccc(CN2CCc3ccccc3C2=O)cc1. The van der Waals surface area contributed by atoms with Crippen molar-refractivity contribution in [2.45, 2.75) is 13.0 Å². The van der Waals surface area contributed by atoms with E-state index in [1.807, 2.05) is 53.4 Å². The number of amides is 1. The number of ether oxygens (including phenoxy) is 1. The van der Waals surface area contributed by atoms with E-state index in [0.29, 0.717) is 6.54 Å². The zero-order valence-corrected chi connectivity index (χ0v) is 11.5. The van der Waals surface area contributed by atoms with E-state index < -0.39 is 0 Å². The Labute approximate surface area is 118 Å². The maximum absolute atomic E-state index is 12.4. The summed E-state index contributed by atoms with van der Waals surface area (Å²) in [5, 5.41) is 0. The highest BCUT2D eigenvalue weighted by atomic mass is 16.5. The third-order valence-electron chi connectivity index (χ3n) is 3.72. The largest absolute Gasteiger partial charge is 0.497 e. The molecule has 1 aliphatic heterocycles. The molecule has 1 heterocycles. The van der Waals surface area contributed by atoms with Crippen LogP contribution in [0.5, 0.6) is 5.75 Å². The van der Waals surface area contributed by atoms with Crippen LogP contribution in [0.25, 0.3) is 0 Å². The zero-order valence-electron chi connectivity index (χ0n) is 11.5. The number of benzene rings is 2. The number of methoxy groups -OCH3 is 1. The third-order valence-corrected chi connectivity index (χ3v) is 3.72. The first-order chi connectivity index (χ1) is 9.78. The summed E-state index contributed by atoms with van der Waals surface area (Å²) in [5.41, 5.74) is 3.12. The number of fused-ring (bicyclic) bond motifs is 1. The van der Waals surface area contributed by atoms with Gasteiger partial charge in [0.2, 0.25) is 0 Å². The summed E-state index contributed by atoms with van der Waals surface area (Å²) in [6, 6.07) is 15.7. The molecule has 0 aliphatic carbocycles. The molecule has 0 spiro atoms. The average molecular weight is 267 g/mol. The number of rotatable bonds is 3. The van der Waals surface area contributed by atoms with Gasteiger partial charge in [0, 0.05) is 18.7 Å². The Balaban J connectivity index is 1.77. The summed E-state index contributed by atoms with van der Waals surface area (Å²) in [4.78, 5) is 14.4. The summed E-state index contributed by atoms with van der Waals surface area (Å²) in [5.74, 6) is 0.965. The second-order valence-corrected chi connectivity index (χ2v) is 4.98. The summed E-state index contributed by atoms with van der Waals surface area (Å²) >= 11 is 0. The van der Waals surface area contributed by atoms with Crippen molar-refractivity contribution < 1.29 is 9.53 Å². The van der Waals surface area contributed by atoms with Crippen molar-refractivity contribution >= 4 is 5.91 Å². The topological polar surface area (TPSA) is 29.5 Å². The summed E-state index contributed by atoms with van der Waals surface area (Å²) in [6.07, 6.45) is 0.929. The first-order valence-corrected chi connectivity index (χ1v) is 6.78. The molecule has 102 valence electrons. The van der Waals surface area contributed by atoms with Gasteiger partial charge in [-0.15, -0.1) is 0 Å². The number of hydrogen-bond donors (Lipinski definition) is 0. The first-order valence-electron chi connectivity index (χ1n) is 6.78. The molecular weight excluding hydrogens is 250 g/mol. The molecule has 0 fully saturated rings. The highest BCUT2D eigenvalue weighted by Gasteiger charge is 2.23. The minimum absolute atomic E-state index is 0.127. The predicted octanol–water partition coefficient (Wildman–Crippen LogP) is 2.89. The van der Waals surface area contributed by atoms with Gasteiger partial charge in [-0.3, -0.25) is 4.79 Å². The summed E-state index contributed by atoms with van der Waals surface area (Å²) < 4.78 is 5.15. The lowest BCUT2D eigenvalue weighted by molar-refractivity contribution is 0.0727. The molecule has 0 saturated heterocycles. The van der Waals surface area contributed by atoms with Crippen LogP contribution in [0.4, 0.5) is 0 Å². The molecule has 2 aromatic carbocycles. The van der Waals surface area contributed by atoms with Crippen molar-refractivity contribution in [1.29, 1.82) is 0 Å². The van der Waals surface area contributed by atoms with Gasteiger partial charge in [0.15, 0.2) is 0 Å². The van der Waals surface area contributed by atoms with E-state index in [0.717, 1.165) is 35.4 Å². The van der Waals surface area contributed by atoms with Crippen molar-refractivity contribution in [2.24, 2.45) is 0 Å². The van der Waals surface area contributed by atoms with Crippen LogP contribution in [-0.4, -0.2) is 24.5 Å². The maximum Gasteiger partial charge on any atom is 0.254 e. The molecule has 1 aliphatic rings. The van der Waals surface area contributed by atoms with Gasteiger partial charge in [-0.2, -0.15) is 0 Å². The molecule has 0 N–H and O–H groups in total. The van der Waals surface area contributed by atoms with E-state index in [1.54, 1.807) is 7.11 Å². The molecule has 0 bridgehead atoms. The van der Waals surface area contributed by atoms with Crippen LogP contribution in [0, 0.1) is 0 Å². The van der Waals surface area contributed by atoms with E-state index in [9.17, 15) is 4.79 Å². The monoisotopic (exact) mass is 267 g/mol. The smallest absolute Gasteiger partial charge is 0.254 e. The molecule has 0 aromatic heterocycles. The lowest BCUT2D eigenvalue weighted by Crippen LogP contribution is -2.36. The molecular formula is C17H17NO2. The Bertz CT molecular complexity index is 619. The van der Waals surface area contributed by atoms with Crippen LogP contribution in [-0.2, 0) is 13.0 Å². The fourth-order valence-electron chi connectivity index (χ4n) is 2.58. The van der Waals surface area contributed by atoms with Crippen LogP contribution in [0.3, 0.4) is 0 Å². The van der Waals surface area contributed by atoms with Crippen LogP contribution in [0.2, 0.25) is 0 Å². The molecule has 1 amide bonds. The van der Waals surface area contributed by atoms with Gasteiger partial charge in [0.25, 0.3) is 5.91 Å². The van der Waals surface area contributed by atoms with Gasteiger partial charge < -0.3 is 9.64 Å². The summed E-state index contributed by atoms with van der Waals surface area (Å²) in [7, 11) is 1.65. The second kappa shape index (κ2) is 5.37. The van der Waals surface area contributed by atoms with Crippen molar-refractivity contribution in [3.8, 4) is 5.75 Å². The number of carbonyl (C=O) groups excluding carboxylic acids is 1. The van der Waals surface area contributed by atoms with Crippen molar-refractivity contribution in [3.05, 3.63) is 65.2 Å². The van der Waals surface area contributed by atoms with E-state index in [1.165, 1.54) is 0 Å². The van der Waals surface area contributed by atoms with Crippen LogP contribution in [0.15, 0.2) is 48.5 Å². The van der Waals surface area contributed by atoms with Crippen LogP contribution in [0.1, 0.15) is 21.5 Å². The Morgan fingerprint density at radius 2 is 1.85 bits per heavy atom. The minimum Gasteiger partial charge on any atom is -0.497 e. The molecule has 3 nitrogen and oxygen atoms in total. The first kappa shape index (κ1) is 12.7. The fourth-order valence-corrected chi connectivity index (χ4v) is 2.58. The van der Waals surface area contributed by atoms with E-state index in [2.05, 4.69) is 0 Å². The number of carbonyl (C=O) groups is 1. The van der Waals surface area contributed by atoms with Gasteiger partial charge >= 0.3 is 0 Å². The van der Waals surface area contributed by atoms with Crippen molar-refractivity contribution in [3.63, 3.8) is 0 Å². The van der Waals surface area contributed by atoms with Gasteiger partial charge in [-0.05, 0) is 35.7 Å². The normalized spacial score (nSPS) is 14.1. The van der Waals surface area contributed by atoms with Crippen molar-refractivity contribution in [1.82, 2.24) is 4.90 Å². The van der Waals surface area contributed by atoms with Crippen LogP contribution >= 0.6 is 0 Å². The predicted molar refractivity (Wildman–Crippen MR) is 77.9 cm³/mol. The second-order valence-electron chi connectivity index (χ2n) is 4.98.